The normalized spacial score (nSPS) is 10.8. The number of nitrogens with zero attached hydrogens (tertiary/aromatic N) is 1. The second-order valence-electron chi connectivity index (χ2n) is 4.83. The molecule has 0 fully saturated rings. The predicted octanol–water partition coefficient (Wildman–Crippen LogP) is 3.58. The number of ether oxygens (including phenoxy) is 1. The Morgan fingerprint density at radius 1 is 1.05 bits per heavy atom. The molecule has 0 unspecified atom stereocenters. The van der Waals surface area contributed by atoms with E-state index in [9.17, 15) is 5.11 Å². The molecule has 0 atom stereocenters. The maximum atomic E-state index is 9.96. The van der Waals surface area contributed by atoms with Crippen molar-refractivity contribution in [2.75, 3.05) is 0 Å². The van der Waals surface area contributed by atoms with E-state index in [0.717, 1.165) is 5.56 Å². The Balaban J connectivity index is 2.21. The summed E-state index contributed by atoms with van der Waals surface area (Å²) in [6.45, 7) is 3.46. The summed E-state index contributed by atoms with van der Waals surface area (Å²) in [6.07, 6.45) is 0. The van der Waals surface area contributed by atoms with Gasteiger partial charge in [-0.3, -0.25) is 0 Å². The lowest BCUT2D eigenvalue weighted by atomic mass is 9.98. The van der Waals surface area contributed by atoms with Gasteiger partial charge in [-0.2, -0.15) is 5.26 Å². The number of hydrogen-bond acceptors (Lipinski definition) is 3. The summed E-state index contributed by atoms with van der Waals surface area (Å²) >= 11 is 0. The monoisotopic (exact) mass is 253 g/mol. The van der Waals surface area contributed by atoms with Crippen LogP contribution in [0.15, 0.2) is 48.5 Å². The molecule has 0 saturated heterocycles. The zero-order chi connectivity index (χ0) is 13.9. The van der Waals surface area contributed by atoms with Crippen molar-refractivity contribution < 1.29 is 9.84 Å². The molecule has 0 heterocycles. The topological polar surface area (TPSA) is 53.2 Å². The predicted molar refractivity (Wildman–Crippen MR) is 72.9 cm³/mol. The van der Waals surface area contributed by atoms with Crippen molar-refractivity contribution >= 4 is 0 Å². The molecule has 0 saturated carbocycles. The fourth-order valence-electron chi connectivity index (χ4n) is 1.67. The summed E-state index contributed by atoms with van der Waals surface area (Å²) in [5.74, 6) is 1.32. The van der Waals surface area contributed by atoms with Gasteiger partial charge in [0, 0.05) is 0 Å². The Morgan fingerprint density at radius 3 is 2.32 bits per heavy atom. The zero-order valence-electron chi connectivity index (χ0n) is 10.9. The maximum absolute atomic E-state index is 9.96. The molecule has 0 spiro atoms. The first kappa shape index (κ1) is 13.1. The van der Waals surface area contributed by atoms with Crippen LogP contribution in [0.2, 0.25) is 0 Å². The van der Waals surface area contributed by atoms with Gasteiger partial charge in [-0.05, 0) is 55.8 Å². The molecule has 0 amide bonds. The highest BCUT2D eigenvalue weighted by Gasteiger charge is 2.16. The van der Waals surface area contributed by atoms with Crippen LogP contribution in [0, 0.1) is 11.3 Å². The number of nitriles is 1. The highest BCUT2D eigenvalue weighted by Crippen LogP contribution is 2.27. The largest absolute Gasteiger partial charge is 0.457 e. The molecule has 0 aliphatic carbocycles. The number of benzene rings is 2. The summed E-state index contributed by atoms with van der Waals surface area (Å²) in [5.41, 5.74) is 0.487. The van der Waals surface area contributed by atoms with E-state index in [0.29, 0.717) is 17.1 Å². The minimum atomic E-state index is -0.899. The third-order valence-electron chi connectivity index (χ3n) is 2.76. The summed E-state index contributed by atoms with van der Waals surface area (Å²) in [5, 5.41) is 18.7. The van der Waals surface area contributed by atoms with Gasteiger partial charge in [0.2, 0.25) is 0 Å². The fourth-order valence-corrected chi connectivity index (χ4v) is 1.67. The van der Waals surface area contributed by atoms with Crippen molar-refractivity contribution in [3.05, 3.63) is 59.7 Å². The molecule has 96 valence electrons. The molecule has 2 aromatic rings. The molecule has 0 radical (unpaired) electrons. The lowest BCUT2D eigenvalue weighted by molar-refractivity contribution is 0.0784. The van der Waals surface area contributed by atoms with Crippen LogP contribution in [0.3, 0.4) is 0 Å². The Hall–Kier alpha value is -2.31. The number of hydrogen-bond donors (Lipinski definition) is 1. The fraction of sp³-hybridized carbons (Fsp3) is 0.188. The molecule has 0 bridgehead atoms. The van der Waals surface area contributed by atoms with Gasteiger partial charge in [0.15, 0.2) is 0 Å². The molecule has 1 N–H and O–H groups in total. The molecule has 0 aromatic heterocycles. The Kier molecular flexibility index (Phi) is 3.55. The van der Waals surface area contributed by atoms with Gasteiger partial charge in [-0.25, -0.2) is 0 Å². The van der Waals surface area contributed by atoms with Crippen LogP contribution in [-0.4, -0.2) is 5.11 Å². The van der Waals surface area contributed by atoms with Gasteiger partial charge in [-0.15, -0.1) is 0 Å². The first-order valence-corrected chi connectivity index (χ1v) is 6.00. The second kappa shape index (κ2) is 5.13. The Bertz CT molecular complexity index is 604. The van der Waals surface area contributed by atoms with E-state index in [-0.39, 0.29) is 0 Å². The van der Waals surface area contributed by atoms with Crippen LogP contribution < -0.4 is 4.74 Å². The smallest absolute Gasteiger partial charge is 0.127 e. The van der Waals surface area contributed by atoms with Crippen LogP contribution in [0.25, 0.3) is 0 Å². The maximum Gasteiger partial charge on any atom is 0.127 e. The summed E-state index contributed by atoms with van der Waals surface area (Å²) in [4.78, 5) is 0. The Morgan fingerprint density at radius 2 is 1.74 bits per heavy atom. The van der Waals surface area contributed by atoms with Crippen molar-refractivity contribution in [2.24, 2.45) is 0 Å². The van der Waals surface area contributed by atoms with Crippen molar-refractivity contribution in [2.45, 2.75) is 19.4 Å². The van der Waals surface area contributed by atoms with Gasteiger partial charge in [0.25, 0.3) is 0 Å². The van der Waals surface area contributed by atoms with Gasteiger partial charge in [0.05, 0.1) is 17.2 Å². The Labute approximate surface area is 112 Å². The van der Waals surface area contributed by atoms with E-state index < -0.39 is 5.60 Å². The van der Waals surface area contributed by atoms with Gasteiger partial charge < -0.3 is 9.84 Å². The van der Waals surface area contributed by atoms with Crippen LogP contribution in [0.4, 0.5) is 0 Å². The zero-order valence-corrected chi connectivity index (χ0v) is 10.9. The third-order valence-corrected chi connectivity index (χ3v) is 2.76. The molecule has 3 nitrogen and oxygen atoms in total. The summed E-state index contributed by atoms with van der Waals surface area (Å²) in [6, 6.07) is 16.3. The van der Waals surface area contributed by atoms with E-state index >= 15 is 0 Å². The van der Waals surface area contributed by atoms with Crippen LogP contribution in [0.1, 0.15) is 25.0 Å². The molecule has 0 aliphatic heterocycles. The van der Waals surface area contributed by atoms with Gasteiger partial charge >= 0.3 is 0 Å². The average Bonchev–Trinajstić information content (AvgIpc) is 2.39. The summed E-state index contributed by atoms with van der Waals surface area (Å²) < 4.78 is 5.69. The molecule has 19 heavy (non-hydrogen) atoms. The third kappa shape index (κ3) is 3.34. The standard InChI is InChI=1S/C16H15NO2/c1-16(2,18)13-4-3-5-15(10-13)19-14-8-6-12(11-17)7-9-14/h3-10,18H,1-2H3. The second-order valence-corrected chi connectivity index (χ2v) is 4.83. The SMILES string of the molecule is CC(C)(O)c1cccc(Oc2ccc(C#N)cc2)c1. The quantitative estimate of drug-likeness (QED) is 0.909. The van der Waals surface area contributed by atoms with Crippen molar-refractivity contribution in [3.8, 4) is 17.6 Å². The minimum absolute atomic E-state index is 0.595. The number of aliphatic hydroxyl groups is 1. The highest BCUT2D eigenvalue weighted by molar-refractivity contribution is 5.39. The van der Waals surface area contributed by atoms with E-state index in [2.05, 4.69) is 6.07 Å². The van der Waals surface area contributed by atoms with Crippen molar-refractivity contribution in [1.82, 2.24) is 0 Å². The molecular weight excluding hydrogens is 238 g/mol. The minimum Gasteiger partial charge on any atom is -0.457 e. The molecule has 2 rings (SSSR count). The van der Waals surface area contributed by atoms with Crippen LogP contribution in [0.5, 0.6) is 11.5 Å². The molecule has 2 aromatic carbocycles. The lowest BCUT2D eigenvalue weighted by Crippen LogP contribution is -2.15. The lowest BCUT2D eigenvalue weighted by Gasteiger charge is -2.18. The van der Waals surface area contributed by atoms with E-state index in [1.165, 1.54) is 0 Å². The van der Waals surface area contributed by atoms with Crippen LogP contribution >= 0.6 is 0 Å². The first-order valence-electron chi connectivity index (χ1n) is 6.00. The summed E-state index contributed by atoms with van der Waals surface area (Å²) in [7, 11) is 0. The van der Waals surface area contributed by atoms with Crippen molar-refractivity contribution in [3.63, 3.8) is 0 Å². The van der Waals surface area contributed by atoms with Gasteiger partial charge in [-0.1, -0.05) is 12.1 Å². The average molecular weight is 253 g/mol. The van der Waals surface area contributed by atoms with Gasteiger partial charge in [0.1, 0.15) is 11.5 Å². The molecular formula is C16H15NO2. The van der Waals surface area contributed by atoms with E-state index in [4.69, 9.17) is 10.00 Å². The highest BCUT2D eigenvalue weighted by atomic mass is 16.5. The van der Waals surface area contributed by atoms with Crippen molar-refractivity contribution in [1.29, 1.82) is 5.26 Å². The van der Waals surface area contributed by atoms with Crippen LogP contribution in [-0.2, 0) is 5.60 Å². The van der Waals surface area contributed by atoms with E-state index in [1.807, 2.05) is 18.2 Å². The first-order chi connectivity index (χ1) is 8.99. The molecule has 3 heteroatoms. The van der Waals surface area contributed by atoms with E-state index in [1.54, 1.807) is 44.2 Å². The number of rotatable bonds is 3. The molecule has 0 aliphatic rings.